The molecule has 0 radical (unpaired) electrons. The third-order valence-electron chi connectivity index (χ3n) is 4.12. The van der Waals surface area contributed by atoms with Crippen LogP contribution in [0.4, 0.5) is 4.39 Å². The molecule has 0 aromatic heterocycles. The Bertz CT molecular complexity index is 415. The van der Waals surface area contributed by atoms with Crippen LogP contribution in [0.15, 0.2) is 24.3 Å². The third-order valence-corrected chi connectivity index (χ3v) is 4.12. The highest BCUT2D eigenvalue weighted by molar-refractivity contribution is 5.20. The molecule has 0 saturated heterocycles. The van der Waals surface area contributed by atoms with Gasteiger partial charge in [-0.1, -0.05) is 18.2 Å². The second kappa shape index (κ2) is 5.59. The maximum atomic E-state index is 13.7. The van der Waals surface area contributed by atoms with Crippen molar-refractivity contribution in [3.8, 4) is 0 Å². The van der Waals surface area contributed by atoms with Gasteiger partial charge in [0.2, 0.25) is 0 Å². The van der Waals surface area contributed by atoms with E-state index in [1.54, 1.807) is 18.2 Å². The van der Waals surface area contributed by atoms with Crippen LogP contribution in [0.5, 0.6) is 0 Å². The fourth-order valence-electron chi connectivity index (χ4n) is 2.64. The quantitative estimate of drug-likeness (QED) is 0.817. The van der Waals surface area contributed by atoms with E-state index >= 15 is 0 Å². The molecule has 0 heterocycles. The van der Waals surface area contributed by atoms with Gasteiger partial charge in [-0.3, -0.25) is 4.90 Å². The van der Waals surface area contributed by atoms with Crippen LogP contribution in [0, 0.1) is 17.7 Å². The summed E-state index contributed by atoms with van der Waals surface area (Å²) in [4.78, 5) is 2.34. The molecule has 1 aromatic carbocycles. The van der Waals surface area contributed by atoms with E-state index in [0.717, 1.165) is 24.9 Å². The lowest BCUT2D eigenvalue weighted by atomic mass is 10.1. The van der Waals surface area contributed by atoms with E-state index in [-0.39, 0.29) is 5.82 Å². The molecule has 1 aromatic rings. The molecule has 3 heteroatoms. The van der Waals surface area contributed by atoms with Crippen LogP contribution in [-0.4, -0.2) is 29.6 Å². The Balaban J connectivity index is 1.60. The van der Waals surface area contributed by atoms with Crippen molar-refractivity contribution in [2.75, 3.05) is 19.6 Å². The lowest BCUT2D eigenvalue weighted by Crippen LogP contribution is -2.32. The van der Waals surface area contributed by atoms with E-state index in [1.807, 2.05) is 0 Å². The van der Waals surface area contributed by atoms with Gasteiger partial charge in [0.1, 0.15) is 5.82 Å². The van der Waals surface area contributed by atoms with Crippen molar-refractivity contribution in [1.82, 2.24) is 4.90 Å². The van der Waals surface area contributed by atoms with Crippen molar-refractivity contribution < 1.29 is 9.50 Å². The predicted molar refractivity (Wildman–Crippen MR) is 73.2 cm³/mol. The summed E-state index contributed by atoms with van der Waals surface area (Å²) in [6.07, 6.45) is 4.56. The number of hydrogen-bond acceptors (Lipinski definition) is 2. The third kappa shape index (κ3) is 3.77. The summed E-state index contributed by atoms with van der Waals surface area (Å²) in [7, 11) is 0. The van der Waals surface area contributed by atoms with Gasteiger partial charge in [-0.05, 0) is 43.6 Å². The van der Waals surface area contributed by atoms with Crippen LogP contribution in [0.1, 0.15) is 37.4 Å². The minimum Gasteiger partial charge on any atom is -0.387 e. The molecular weight excluding hydrogens is 241 g/mol. The van der Waals surface area contributed by atoms with Crippen LogP contribution in [0.25, 0.3) is 0 Å². The topological polar surface area (TPSA) is 23.5 Å². The normalized spacial score (nSPS) is 20.8. The number of rotatable bonds is 7. The lowest BCUT2D eigenvalue weighted by Gasteiger charge is -2.25. The van der Waals surface area contributed by atoms with Gasteiger partial charge < -0.3 is 5.11 Å². The molecule has 0 spiro atoms. The summed E-state index contributed by atoms with van der Waals surface area (Å²) in [5, 5.41) is 10.3. The number of aliphatic hydroxyl groups is 1. The van der Waals surface area contributed by atoms with Crippen molar-refractivity contribution in [2.45, 2.75) is 31.8 Å². The van der Waals surface area contributed by atoms with Crippen LogP contribution < -0.4 is 0 Å². The maximum absolute atomic E-state index is 13.7. The molecule has 0 bridgehead atoms. The average molecular weight is 263 g/mol. The zero-order chi connectivity index (χ0) is 13.2. The molecule has 1 atom stereocenters. The van der Waals surface area contributed by atoms with Gasteiger partial charge in [-0.25, -0.2) is 4.39 Å². The standard InChI is InChI=1S/C16H22FNO/c17-15-4-2-1-3-14(15)16(19)11-18(9-12-5-6-12)10-13-7-8-13/h1-4,12-13,16,19H,5-11H2. The predicted octanol–water partition coefficient (Wildman–Crippen LogP) is 2.98. The number of hydrogen-bond donors (Lipinski definition) is 1. The molecule has 104 valence electrons. The second-order valence-electron chi connectivity index (χ2n) is 6.14. The molecule has 2 saturated carbocycles. The van der Waals surface area contributed by atoms with Gasteiger partial charge >= 0.3 is 0 Å². The molecule has 0 amide bonds. The smallest absolute Gasteiger partial charge is 0.129 e. The van der Waals surface area contributed by atoms with Gasteiger partial charge in [0.05, 0.1) is 6.10 Å². The first-order valence-corrected chi connectivity index (χ1v) is 7.37. The molecule has 1 unspecified atom stereocenters. The van der Waals surface area contributed by atoms with E-state index < -0.39 is 6.10 Å². The first-order chi connectivity index (χ1) is 9.22. The Morgan fingerprint density at radius 3 is 2.21 bits per heavy atom. The first-order valence-electron chi connectivity index (χ1n) is 7.37. The minimum absolute atomic E-state index is 0.298. The summed E-state index contributed by atoms with van der Waals surface area (Å²) in [5.74, 6) is 1.32. The number of aliphatic hydroxyl groups excluding tert-OH is 1. The maximum Gasteiger partial charge on any atom is 0.129 e. The SMILES string of the molecule is OC(CN(CC1CC1)CC1CC1)c1ccccc1F. The highest BCUT2D eigenvalue weighted by Gasteiger charge is 2.30. The first kappa shape index (κ1) is 13.1. The van der Waals surface area contributed by atoms with Crippen molar-refractivity contribution in [1.29, 1.82) is 0 Å². The van der Waals surface area contributed by atoms with E-state index in [1.165, 1.54) is 31.7 Å². The van der Waals surface area contributed by atoms with Gasteiger partial charge in [-0.15, -0.1) is 0 Å². The second-order valence-corrected chi connectivity index (χ2v) is 6.14. The summed E-state index contributed by atoms with van der Waals surface area (Å²) in [6, 6.07) is 6.56. The van der Waals surface area contributed by atoms with Gasteiger partial charge in [0.25, 0.3) is 0 Å². The molecule has 2 aliphatic carbocycles. The number of halogens is 1. The molecule has 3 rings (SSSR count). The Kier molecular flexibility index (Phi) is 3.85. The highest BCUT2D eigenvalue weighted by Crippen LogP contribution is 2.34. The Morgan fingerprint density at radius 1 is 1.11 bits per heavy atom. The zero-order valence-corrected chi connectivity index (χ0v) is 11.3. The Hall–Kier alpha value is -0.930. The Labute approximate surface area is 114 Å². The van der Waals surface area contributed by atoms with E-state index in [0.29, 0.717) is 12.1 Å². The van der Waals surface area contributed by atoms with E-state index in [4.69, 9.17) is 0 Å². The molecule has 0 aliphatic heterocycles. The van der Waals surface area contributed by atoms with Crippen LogP contribution in [0.3, 0.4) is 0 Å². The average Bonchev–Trinajstić information content (AvgIpc) is 3.25. The van der Waals surface area contributed by atoms with E-state index in [2.05, 4.69) is 4.90 Å². The summed E-state index contributed by atoms with van der Waals surface area (Å²) >= 11 is 0. The zero-order valence-electron chi connectivity index (χ0n) is 11.3. The van der Waals surface area contributed by atoms with Crippen molar-refractivity contribution >= 4 is 0 Å². The van der Waals surface area contributed by atoms with Gasteiger partial charge in [0.15, 0.2) is 0 Å². The van der Waals surface area contributed by atoms with Crippen LogP contribution in [0.2, 0.25) is 0 Å². The molecular formula is C16H22FNO. The molecule has 19 heavy (non-hydrogen) atoms. The van der Waals surface area contributed by atoms with Crippen molar-refractivity contribution in [2.24, 2.45) is 11.8 Å². The molecule has 2 fully saturated rings. The number of benzene rings is 1. The number of nitrogens with zero attached hydrogens (tertiary/aromatic N) is 1. The summed E-state index contributed by atoms with van der Waals surface area (Å²) < 4.78 is 13.7. The fourth-order valence-corrected chi connectivity index (χ4v) is 2.64. The van der Waals surface area contributed by atoms with Crippen molar-refractivity contribution in [3.63, 3.8) is 0 Å². The molecule has 2 aliphatic rings. The fraction of sp³-hybridized carbons (Fsp3) is 0.625. The van der Waals surface area contributed by atoms with Crippen LogP contribution >= 0.6 is 0 Å². The summed E-state index contributed by atoms with van der Waals surface area (Å²) in [6.45, 7) is 2.71. The summed E-state index contributed by atoms with van der Waals surface area (Å²) in [5.41, 5.74) is 0.430. The molecule has 1 N–H and O–H groups in total. The van der Waals surface area contributed by atoms with Gasteiger partial charge in [0, 0.05) is 25.2 Å². The van der Waals surface area contributed by atoms with Crippen molar-refractivity contribution in [3.05, 3.63) is 35.6 Å². The monoisotopic (exact) mass is 263 g/mol. The molecule has 2 nitrogen and oxygen atoms in total. The minimum atomic E-state index is -0.710. The Morgan fingerprint density at radius 2 is 1.68 bits per heavy atom. The van der Waals surface area contributed by atoms with Gasteiger partial charge in [-0.2, -0.15) is 0 Å². The highest BCUT2D eigenvalue weighted by atomic mass is 19.1. The van der Waals surface area contributed by atoms with Crippen LogP contribution in [-0.2, 0) is 0 Å². The largest absolute Gasteiger partial charge is 0.387 e. The lowest BCUT2D eigenvalue weighted by molar-refractivity contribution is 0.104. The van der Waals surface area contributed by atoms with E-state index in [9.17, 15) is 9.50 Å².